The summed E-state index contributed by atoms with van der Waals surface area (Å²) in [6, 6.07) is 8.14. The van der Waals surface area contributed by atoms with Crippen LogP contribution in [0.4, 0.5) is 0 Å². The van der Waals surface area contributed by atoms with E-state index in [4.69, 9.17) is 0 Å². The number of carbonyl (C=O) groups excluding carboxylic acids is 1. The van der Waals surface area contributed by atoms with Gasteiger partial charge in [0.15, 0.2) is 5.78 Å². The van der Waals surface area contributed by atoms with E-state index in [9.17, 15) is 4.79 Å². The Kier molecular flexibility index (Phi) is 7.41. The Labute approximate surface area is 135 Å². The van der Waals surface area contributed by atoms with E-state index in [1.807, 2.05) is 23.6 Å². The molecule has 4 heteroatoms. The molecule has 0 saturated carbocycles. The van der Waals surface area contributed by atoms with Crippen molar-refractivity contribution in [3.05, 3.63) is 35.2 Å². The number of thiophene rings is 1. The van der Waals surface area contributed by atoms with Gasteiger partial charge in [-0.15, -0.1) is 28.3 Å². The molecular weight excluding hydrogens is 334 g/mol. The van der Waals surface area contributed by atoms with Gasteiger partial charge in [0.25, 0.3) is 0 Å². The predicted octanol–water partition coefficient (Wildman–Crippen LogP) is 4.78. The lowest BCUT2D eigenvalue weighted by Crippen LogP contribution is -2.24. The molecule has 0 aliphatic rings. The van der Waals surface area contributed by atoms with Crippen molar-refractivity contribution < 1.29 is 4.79 Å². The van der Waals surface area contributed by atoms with Gasteiger partial charge in [-0.05, 0) is 32.1 Å². The van der Waals surface area contributed by atoms with Gasteiger partial charge in [0.05, 0.1) is 0 Å². The molecule has 1 aromatic heterocycles. The highest BCUT2D eigenvalue weighted by Crippen LogP contribution is 2.26. The van der Waals surface area contributed by atoms with Crippen LogP contribution in [-0.4, -0.2) is 30.3 Å². The Hall–Kier alpha value is -0.710. The van der Waals surface area contributed by atoms with E-state index in [0.29, 0.717) is 6.42 Å². The van der Waals surface area contributed by atoms with Gasteiger partial charge in [-0.1, -0.05) is 32.0 Å². The summed E-state index contributed by atoms with van der Waals surface area (Å²) in [4.78, 5) is 14.6. The number of rotatable bonds is 7. The third-order valence-corrected chi connectivity index (χ3v) is 4.52. The number of ketones is 1. The second-order valence-electron chi connectivity index (χ2n) is 4.70. The largest absolute Gasteiger partial charge is 0.304 e. The smallest absolute Gasteiger partial charge is 0.164 e. The fourth-order valence-corrected chi connectivity index (χ4v) is 3.30. The van der Waals surface area contributed by atoms with Gasteiger partial charge in [0, 0.05) is 27.5 Å². The molecular formula is C16H22BrNOS. The summed E-state index contributed by atoms with van der Waals surface area (Å²) < 4.78 is 1.20. The van der Waals surface area contributed by atoms with Crippen LogP contribution in [0.25, 0.3) is 10.1 Å². The van der Waals surface area contributed by atoms with Crippen molar-refractivity contribution in [1.82, 2.24) is 4.90 Å². The quantitative estimate of drug-likeness (QED) is 0.665. The maximum absolute atomic E-state index is 12.3. The highest BCUT2D eigenvalue weighted by Gasteiger charge is 2.11. The summed E-state index contributed by atoms with van der Waals surface area (Å²) in [5, 5.41) is 3.12. The maximum Gasteiger partial charge on any atom is 0.164 e. The Bertz CT molecular complexity index is 548. The van der Waals surface area contributed by atoms with Gasteiger partial charge in [0.2, 0.25) is 0 Å². The van der Waals surface area contributed by atoms with E-state index in [2.05, 4.69) is 24.8 Å². The van der Waals surface area contributed by atoms with Crippen molar-refractivity contribution >= 4 is 44.2 Å². The van der Waals surface area contributed by atoms with Crippen molar-refractivity contribution in [3.63, 3.8) is 0 Å². The first-order chi connectivity index (χ1) is 9.26. The molecule has 2 nitrogen and oxygen atoms in total. The summed E-state index contributed by atoms with van der Waals surface area (Å²) in [7, 11) is 0. The third-order valence-electron chi connectivity index (χ3n) is 3.55. The summed E-state index contributed by atoms with van der Waals surface area (Å²) in [5.41, 5.74) is 0.903. The zero-order chi connectivity index (χ0) is 13.7. The molecule has 0 aliphatic heterocycles. The molecule has 1 aromatic carbocycles. The predicted molar refractivity (Wildman–Crippen MR) is 93.5 cm³/mol. The van der Waals surface area contributed by atoms with Crippen molar-refractivity contribution in [2.75, 3.05) is 19.6 Å². The molecule has 0 saturated heterocycles. The van der Waals surface area contributed by atoms with E-state index in [-0.39, 0.29) is 22.8 Å². The van der Waals surface area contributed by atoms with Crippen LogP contribution >= 0.6 is 28.3 Å². The molecule has 0 N–H and O–H groups in total. The first-order valence-corrected chi connectivity index (χ1v) is 7.86. The van der Waals surface area contributed by atoms with Gasteiger partial charge < -0.3 is 4.90 Å². The lowest BCUT2D eigenvalue weighted by molar-refractivity contribution is 0.0977. The second kappa shape index (κ2) is 8.55. The second-order valence-corrected chi connectivity index (χ2v) is 5.61. The molecule has 0 fully saturated rings. The number of Topliss-reactive ketones (excluding diaryl/α,β-unsaturated/α-hetero) is 1. The zero-order valence-electron chi connectivity index (χ0n) is 12.1. The number of nitrogens with zero attached hydrogens (tertiary/aromatic N) is 1. The fraction of sp³-hybridized carbons (Fsp3) is 0.438. The molecule has 0 aliphatic carbocycles. The van der Waals surface area contributed by atoms with E-state index >= 15 is 0 Å². The van der Waals surface area contributed by atoms with Crippen molar-refractivity contribution in [1.29, 1.82) is 0 Å². The number of carbonyl (C=O) groups is 1. The number of hydrogen-bond acceptors (Lipinski definition) is 3. The van der Waals surface area contributed by atoms with E-state index < -0.39 is 0 Å². The SMILES string of the molecule is Br.CCN(CC)CCCC(=O)c1csc2ccccc12. The van der Waals surface area contributed by atoms with Crippen LogP contribution < -0.4 is 0 Å². The number of fused-ring (bicyclic) bond motifs is 1. The molecule has 2 rings (SSSR count). The lowest BCUT2D eigenvalue weighted by atomic mass is 10.1. The van der Waals surface area contributed by atoms with Crippen LogP contribution in [0.3, 0.4) is 0 Å². The average molecular weight is 356 g/mol. The molecule has 0 spiro atoms. The molecule has 0 bridgehead atoms. The summed E-state index contributed by atoms with van der Waals surface area (Å²) in [5.74, 6) is 0.282. The molecule has 20 heavy (non-hydrogen) atoms. The molecule has 0 unspecified atom stereocenters. The van der Waals surface area contributed by atoms with E-state index in [1.165, 1.54) is 4.70 Å². The van der Waals surface area contributed by atoms with E-state index in [1.54, 1.807) is 11.3 Å². The number of halogens is 1. The number of benzene rings is 1. The van der Waals surface area contributed by atoms with Crippen LogP contribution in [-0.2, 0) is 0 Å². The van der Waals surface area contributed by atoms with Crippen molar-refractivity contribution in [2.24, 2.45) is 0 Å². The minimum Gasteiger partial charge on any atom is -0.304 e. The third kappa shape index (κ3) is 4.14. The molecule has 2 aromatic rings. The first kappa shape index (κ1) is 17.3. The maximum atomic E-state index is 12.3. The van der Waals surface area contributed by atoms with Gasteiger partial charge in [-0.2, -0.15) is 0 Å². The summed E-state index contributed by atoms with van der Waals surface area (Å²) >= 11 is 1.66. The Morgan fingerprint density at radius 2 is 1.90 bits per heavy atom. The van der Waals surface area contributed by atoms with Gasteiger partial charge in [-0.3, -0.25) is 4.79 Å². The topological polar surface area (TPSA) is 20.3 Å². The minimum absolute atomic E-state index is 0. The molecule has 1 heterocycles. The highest BCUT2D eigenvalue weighted by atomic mass is 79.9. The van der Waals surface area contributed by atoms with Crippen molar-refractivity contribution in [3.8, 4) is 0 Å². The monoisotopic (exact) mass is 355 g/mol. The standard InChI is InChI=1S/C16H21NOS.BrH/c1-3-17(4-2)11-7-9-15(18)14-12-19-16-10-6-5-8-13(14)16;/h5-6,8,10,12H,3-4,7,9,11H2,1-2H3;1H. The summed E-state index contributed by atoms with van der Waals surface area (Å²) in [6.07, 6.45) is 1.60. The fourth-order valence-electron chi connectivity index (χ4n) is 2.33. The van der Waals surface area contributed by atoms with Gasteiger partial charge in [-0.25, -0.2) is 0 Å². The zero-order valence-corrected chi connectivity index (χ0v) is 14.6. The summed E-state index contributed by atoms with van der Waals surface area (Å²) in [6.45, 7) is 7.47. The molecule has 0 atom stereocenters. The first-order valence-electron chi connectivity index (χ1n) is 6.98. The van der Waals surface area contributed by atoms with E-state index in [0.717, 1.165) is 37.0 Å². The Balaban J connectivity index is 0.00000200. The molecule has 0 amide bonds. The molecule has 110 valence electrons. The van der Waals surface area contributed by atoms with Crippen molar-refractivity contribution in [2.45, 2.75) is 26.7 Å². The van der Waals surface area contributed by atoms with Crippen LogP contribution in [0.15, 0.2) is 29.6 Å². The Morgan fingerprint density at radius 3 is 2.60 bits per heavy atom. The van der Waals surface area contributed by atoms with Crippen LogP contribution in [0.1, 0.15) is 37.0 Å². The van der Waals surface area contributed by atoms with Gasteiger partial charge >= 0.3 is 0 Å². The minimum atomic E-state index is 0. The van der Waals surface area contributed by atoms with Gasteiger partial charge in [0.1, 0.15) is 0 Å². The lowest BCUT2D eigenvalue weighted by Gasteiger charge is -2.17. The average Bonchev–Trinajstić information content (AvgIpc) is 2.87. The van der Waals surface area contributed by atoms with Crippen LogP contribution in [0.2, 0.25) is 0 Å². The van der Waals surface area contributed by atoms with Crippen LogP contribution in [0.5, 0.6) is 0 Å². The number of hydrogen-bond donors (Lipinski definition) is 0. The Morgan fingerprint density at radius 1 is 1.20 bits per heavy atom. The molecule has 0 radical (unpaired) electrons. The van der Waals surface area contributed by atoms with Crippen LogP contribution in [0, 0.1) is 0 Å². The normalized spacial score (nSPS) is 10.8. The highest BCUT2D eigenvalue weighted by molar-refractivity contribution is 8.93.